The first kappa shape index (κ1) is 71.1. The van der Waals surface area contributed by atoms with E-state index in [-0.39, 0.29) is 73.5 Å². The first-order chi connectivity index (χ1) is 32.9. The van der Waals surface area contributed by atoms with Crippen molar-refractivity contribution in [2.24, 2.45) is 32.5 Å². The van der Waals surface area contributed by atoms with Crippen molar-refractivity contribution in [3.63, 3.8) is 0 Å². The van der Waals surface area contributed by atoms with E-state index in [1.165, 1.54) is 45.4 Å². The van der Waals surface area contributed by atoms with Crippen LogP contribution in [0, 0.1) is 32.5 Å². The molecule has 1 saturated heterocycles. The van der Waals surface area contributed by atoms with Crippen LogP contribution in [0.4, 0.5) is 0 Å². The molecule has 1 aliphatic rings. The van der Waals surface area contributed by atoms with E-state index in [4.69, 9.17) is 14.2 Å². The third-order valence-electron chi connectivity index (χ3n) is 13.3. The van der Waals surface area contributed by atoms with Gasteiger partial charge in [-0.2, -0.15) is 0 Å². The van der Waals surface area contributed by atoms with Crippen molar-refractivity contribution < 1.29 is 19.3 Å². The molecule has 1 N–H and O–H groups in total. The van der Waals surface area contributed by atoms with Gasteiger partial charge in [-0.15, -0.1) is 0 Å². The Bertz CT molecular complexity index is 2250. The normalized spacial score (nSPS) is 14.0. The summed E-state index contributed by atoms with van der Waals surface area (Å²) in [6, 6.07) is 0. The van der Waals surface area contributed by atoms with Crippen molar-refractivity contribution in [2.75, 3.05) is 13.2 Å². The van der Waals surface area contributed by atoms with E-state index in [2.05, 4.69) is 126 Å². The van der Waals surface area contributed by atoms with Crippen LogP contribution in [0.25, 0.3) is 0 Å². The monoisotopic (exact) mass is 1250 g/mol. The summed E-state index contributed by atoms with van der Waals surface area (Å²) in [4.78, 5) is 70.9. The van der Waals surface area contributed by atoms with Crippen molar-refractivity contribution >= 4 is 44.5 Å². The third kappa shape index (κ3) is 21.1. The molecule has 12 heteroatoms. The van der Waals surface area contributed by atoms with Gasteiger partial charge in [0.25, 0.3) is 10.9 Å². The first-order valence-electron chi connectivity index (χ1n) is 27.7. The van der Waals surface area contributed by atoms with Gasteiger partial charge in [-0.1, -0.05) is 147 Å². The summed E-state index contributed by atoms with van der Waals surface area (Å²) in [6.07, 6.45) is 9.45. The Morgan fingerprint density at radius 2 is 0.795 bits per heavy atom. The summed E-state index contributed by atoms with van der Waals surface area (Å²) < 4.78 is 21.6. The van der Waals surface area contributed by atoms with Crippen molar-refractivity contribution in [3.05, 3.63) is 72.5 Å². The second kappa shape index (κ2) is 29.2. The average Bonchev–Trinajstić information content (AvgIpc) is 3.85. The standard InChI is InChI=1S/C16H26O3.C13H20O3.C9H19I.C7H7O3.C4H8O.3C4H9.Sn/c1-9(2)19-13-10(11(17)12(13)18)14(15(3,4)5)16(6,7)8;1-12(2,3)11(13(4,5)6)7-8(14)10(16)9(7)15;1-8(2,3)7(10)9(4,5)6;1-4(2)10-6-3-5(8)7(6)9;1-2-4-5-3-1;3*1-3-4-2;/h9,14H,1-8H3;11,14H,1-6H3;7H,1-6H3;4H,1-2H3;1-4H2;3*1,3-4H2,2H3;. The van der Waals surface area contributed by atoms with Crippen LogP contribution in [0.3, 0.4) is 0 Å². The van der Waals surface area contributed by atoms with Gasteiger partial charge in [0.15, 0.2) is 11.5 Å². The fourth-order valence-electron chi connectivity index (χ4n) is 11.3. The Kier molecular flexibility index (Phi) is 28.5. The summed E-state index contributed by atoms with van der Waals surface area (Å²) in [6.45, 7) is 54.7. The van der Waals surface area contributed by atoms with Crippen molar-refractivity contribution in [2.45, 2.75) is 266 Å². The zero-order chi connectivity index (χ0) is 57.6. The van der Waals surface area contributed by atoms with Crippen molar-refractivity contribution in [1.82, 2.24) is 0 Å². The fraction of sp³-hybridized carbons (Fsp3) is 0.803. The summed E-state index contributed by atoms with van der Waals surface area (Å²) in [5.41, 5.74) is -1.45. The fourth-order valence-corrected chi connectivity index (χ4v) is 28.0. The number of hydrogen-bond acceptors (Lipinski definition) is 10. The molecule has 0 aliphatic carbocycles. The Morgan fingerprint density at radius 1 is 0.479 bits per heavy atom. The van der Waals surface area contributed by atoms with Crippen LogP contribution < -0.4 is 45.6 Å². The predicted molar refractivity (Wildman–Crippen MR) is 322 cm³/mol. The van der Waals surface area contributed by atoms with Crippen LogP contribution in [0.15, 0.2) is 28.8 Å². The van der Waals surface area contributed by atoms with Crippen molar-refractivity contribution in [3.8, 4) is 17.2 Å². The van der Waals surface area contributed by atoms with E-state index in [1.807, 2.05) is 69.2 Å². The second-order valence-electron chi connectivity index (χ2n) is 27.9. The molecule has 10 nitrogen and oxygen atoms in total. The Hall–Kier alpha value is -1.87. The minimum atomic E-state index is -2.83. The van der Waals surface area contributed by atoms with Crippen molar-refractivity contribution in [1.29, 1.82) is 0 Å². The molecule has 422 valence electrons. The second-order valence-corrected chi connectivity index (χ2v) is 42.1. The van der Waals surface area contributed by atoms with Crippen LogP contribution in [0.2, 0.25) is 13.3 Å². The topological polar surface area (TPSA) is 150 Å². The molecule has 0 bridgehead atoms. The number of halogens is 1. The molecule has 1 aliphatic heterocycles. The SMILES string of the molecule is C1CCOC1.CC(C)(C)C(I)C(C)(C)C.CC(C)(C)C(c1c(O)c(=O)c1=O)C(C)(C)C.CC(C)Oc1c(C(C(C)(C)C)C(C)(C)C)c(=O)c1=O.CCC[CH2][Sn]([CH2]CCC)([CH2]CCC)[c]1c(OC(C)C)c(=O)c1=O. The molecule has 1 heterocycles. The zero-order valence-electron chi connectivity index (χ0n) is 51.1. The van der Waals surface area contributed by atoms with E-state index in [0.29, 0.717) is 27.7 Å². The maximum atomic E-state index is 12.5. The molecule has 0 atom stereocenters. The van der Waals surface area contributed by atoms with Gasteiger partial charge in [-0.25, -0.2) is 0 Å². The molecule has 0 unspecified atom stereocenters. The van der Waals surface area contributed by atoms with E-state index in [1.54, 1.807) is 0 Å². The first-order valence-corrected chi connectivity index (χ1v) is 36.4. The molecule has 73 heavy (non-hydrogen) atoms. The molecule has 3 aromatic rings. The number of alkyl halides is 1. The van der Waals surface area contributed by atoms with Gasteiger partial charge in [0, 0.05) is 29.0 Å². The quantitative estimate of drug-likeness (QED) is 0.0635. The summed E-state index contributed by atoms with van der Waals surface area (Å²) in [7, 11) is 0. The molecule has 0 radical (unpaired) electrons. The Labute approximate surface area is 461 Å². The summed E-state index contributed by atoms with van der Waals surface area (Å²) >= 11 is -0.277. The Morgan fingerprint density at radius 3 is 1.05 bits per heavy atom. The number of rotatable bonds is 16. The molecule has 0 spiro atoms. The van der Waals surface area contributed by atoms with Gasteiger partial charge >= 0.3 is 145 Å². The number of hydrogen-bond donors (Lipinski definition) is 1. The van der Waals surface area contributed by atoms with Gasteiger partial charge in [0.2, 0.25) is 10.9 Å². The maximum absolute atomic E-state index is 12.5. The number of aromatic hydroxyl groups is 1. The van der Waals surface area contributed by atoms with Gasteiger partial charge in [-0.3, -0.25) is 19.2 Å². The van der Waals surface area contributed by atoms with Gasteiger partial charge in [0.05, 0.1) is 17.2 Å². The molecule has 1 fully saturated rings. The van der Waals surface area contributed by atoms with Crippen LogP contribution >= 0.6 is 22.6 Å². The molecule has 4 rings (SSSR count). The third-order valence-corrected chi connectivity index (χ3v) is 32.6. The summed E-state index contributed by atoms with van der Waals surface area (Å²) in [5.74, 6) is 0.294. The van der Waals surface area contributed by atoms with Gasteiger partial charge in [-0.05, 0) is 59.2 Å². The van der Waals surface area contributed by atoms with Gasteiger partial charge in [0.1, 0.15) is 0 Å². The molecule has 0 aromatic heterocycles. The summed E-state index contributed by atoms with van der Waals surface area (Å²) in [5, 5.41) is 9.55. The molecular formula is C61H107IO10Sn. The van der Waals surface area contributed by atoms with E-state index >= 15 is 0 Å². The van der Waals surface area contributed by atoms with E-state index < -0.39 is 34.7 Å². The van der Waals surface area contributed by atoms with Crippen LogP contribution in [0.1, 0.15) is 247 Å². The zero-order valence-corrected chi connectivity index (χ0v) is 56.1. The molecule has 3 aromatic carbocycles. The molecule has 0 amide bonds. The average molecular weight is 1250 g/mol. The van der Waals surface area contributed by atoms with E-state index in [0.717, 1.165) is 40.0 Å². The Balaban J connectivity index is 0.000000942. The minimum absolute atomic E-state index is 0.000972. The van der Waals surface area contributed by atoms with Gasteiger partial charge < -0.3 is 14.6 Å². The number of unbranched alkanes of at least 4 members (excludes halogenated alkanes) is 3. The van der Waals surface area contributed by atoms with Crippen LogP contribution in [0.5, 0.6) is 17.2 Å². The molecule has 0 saturated carbocycles. The molecular weight excluding hydrogens is 1140 g/mol. The van der Waals surface area contributed by atoms with Crippen LogP contribution in [-0.2, 0) is 4.74 Å². The van der Waals surface area contributed by atoms with Crippen LogP contribution in [-0.4, -0.2) is 52.8 Å². The van der Waals surface area contributed by atoms with E-state index in [9.17, 15) is 33.9 Å². The number of ether oxygens (including phenoxy) is 3. The predicted octanol–water partition coefficient (Wildman–Crippen LogP) is 14.2.